The molecule has 0 aromatic heterocycles. The van der Waals surface area contributed by atoms with Crippen LogP contribution in [0.25, 0.3) is 0 Å². The lowest BCUT2D eigenvalue weighted by molar-refractivity contribution is -0.123. The smallest absolute Gasteiger partial charge is 0.270 e. The van der Waals surface area contributed by atoms with Gasteiger partial charge in [-0.2, -0.15) is 0 Å². The lowest BCUT2D eigenvalue weighted by Crippen LogP contribution is -2.35. The Balaban J connectivity index is 1.50. The lowest BCUT2D eigenvalue weighted by atomic mass is 10.1. The van der Waals surface area contributed by atoms with Gasteiger partial charge in [-0.05, 0) is 54.8 Å². The summed E-state index contributed by atoms with van der Waals surface area (Å²) >= 11 is 0. The molecule has 3 N–H and O–H groups in total. The Kier molecular flexibility index (Phi) is 6.82. The topological polar surface area (TPSA) is 84.7 Å². The first-order valence-electron chi connectivity index (χ1n) is 10.9. The summed E-state index contributed by atoms with van der Waals surface area (Å²) in [5.74, 6) is 0.456. The van der Waals surface area contributed by atoms with Crippen molar-refractivity contribution in [3.63, 3.8) is 0 Å². The first-order chi connectivity index (χ1) is 15.6. The Morgan fingerprint density at radius 1 is 0.969 bits per heavy atom. The third-order valence-corrected chi connectivity index (χ3v) is 5.52. The summed E-state index contributed by atoms with van der Waals surface area (Å²) in [4.78, 5) is 27.1. The van der Waals surface area contributed by atoms with Crippen molar-refractivity contribution < 1.29 is 14.3 Å². The van der Waals surface area contributed by atoms with Crippen molar-refractivity contribution in [1.82, 2.24) is 0 Å². The van der Waals surface area contributed by atoms with Gasteiger partial charge in [0, 0.05) is 36.4 Å². The zero-order valence-electron chi connectivity index (χ0n) is 17.9. The van der Waals surface area contributed by atoms with E-state index in [0.717, 1.165) is 36.2 Å². The number of carbonyl (C=O) groups is 2. The Bertz CT molecular complexity index is 1050. The molecule has 1 fully saturated rings. The molecular formula is C26H27N3O3. The van der Waals surface area contributed by atoms with Gasteiger partial charge in [0.1, 0.15) is 5.75 Å². The molecule has 2 amide bonds. The van der Waals surface area contributed by atoms with Crippen LogP contribution in [0.2, 0.25) is 0 Å². The molecule has 0 saturated carbocycles. The van der Waals surface area contributed by atoms with Gasteiger partial charge in [-0.15, -0.1) is 0 Å². The molecule has 6 nitrogen and oxygen atoms in total. The second-order valence-electron chi connectivity index (χ2n) is 7.80. The van der Waals surface area contributed by atoms with Crippen molar-refractivity contribution in [3.05, 3.63) is 90.0 Å². The number of piperidine rings is 1. The van der Waals surface area contributed by atoms with Crippen LogP contribution in [0.1, 0.15) is 36.5 Å². The zero-order valence-corrected chi connectivity index (χ0v) is 17.9. The Morgan fingerprint density at radius 2 is 1.69 bits per heavy atom. The molecular weight excluding hydrogens is 402 g/mol. The van der Waals surface area contributed by atoms with E-state index in [4.69, 9.17) is 10.5 Å². The number of nitrogens with one attached hydrogen (secondary N) is 1. The van der Waals surface area contributed by atoms with Crippen molar-refractivity contribution in [2.75, 3.05) is 16.8 Å². The SMILES string of the molecule is NCc1ccc(OC(C(=O)Nc2ccc(N3CCCCC3=O)cc2)c2ccccc2)cc1. The van der Waals surface area contributed by atoms with Gasteiger partial charge in [-0.3, -0.25) is 9.59 Å². The van der Waals surface area contributed by atoms with Crippen LogP contribution in [0, 0.1) is 0 Å². The average molecular weight is 430 g/mol. The minimum Gasteiger partial charge on any atom is -0.476 e. The molecule has 1 heterocycles. The highest BCUT2D eigenvalue weighted by molar-refractivity contribution is 5.96. The highest BCUT2D eigenvalue weighted by atomic mass is 16.5. The first-order valence-corrected chi connectivity index (χ1v) is 10.9. The van der Waals surface area contributed by atoms with E-state index in [1.807, 2.05) is 78.9 Å². The van der Waals surface area contributed by atoms with E-state index in [1.165, 1.54) is 0 Å². The molecule has 6 heteroatoms. The normalized spacial score (nSPS) is 14.7. The fourth-order valence-electron chi connectivity index (χ4n) is 3.75. The summed E-state index contributed by atoms with van der Waals surface area (Å²) < 4.78 is 6.06. The van der Waals surface area contributed by atoms with E-state index < -0.39 is 6.10 Å². The molecule has 164 valence electrons. The molecule has 0 aliphatic carbocycles. The number of nitrogens with zero attached hydrogens (tertiary/aromatic N) is 1. The summed E-state index contributed by atoms with van der Waals surface area (Å²) in [6, 6.07) is 24.1. The van der Waals surface area contributed by atoms with Crippen LogP contribution in [0.3, 0.4) is 0 Å². The Labute approximate surface area is 188 Å². The number of anilines is 2. The molecule has 1 saturated heterocycles. The summed E-state index contributed by atoms with van der Waals surface area (Å²) in [6.07, 6.45) is 1.72. The zero-order chi connectivity index (χ0) is 22.3. The molecule has 0 bridgehead atoms. The molecule has 0 spiro atoms. The Morgan fingerprint density at radius 3 is 2.34 bits per heavy atom. The van der Waals surface area contributed by atoms with E-state index in [9.17, 15) is 9.59 Å². The maximum atomic E-state index is 13.2. The van der Waals surface area contributed by atoms with Crippen LogP contribution < -0.4 is 20.7 Å². The monoisotopic (exact) mass is 429 g/mol. The van der Waals surface area contributed by atoms with Gasteiger partial charge in [0.2, 0.25) is 12.0 Å². The fourth-order valence-corrected chi connectivity index (χ4v) is 3.75. The second-order valence-corrected chi connectivity index (χ2v) is 7.80. The van der Waals surface area contributed by atoms with Crippen molar-refractivity contribution in [3.8, 4) is 5.75 Å². The third-order valence-electron chi connectivity index (χ3n) is 5.52. The number of hydrogen-bond acceptors (Lipinski definition) is 4. The van der Waals surface area contributed by atoms with E-state index in [2.05, 4.69) is 5.32 Å². The van der Waals surface area contributed by atoms with Crippen LogP contribution in [0.15, 0.2) is 78.9 Å². The molecule has 4 rings (SSSR count). The largest absolute Gasteiger partial charge is 0.476 e. The summed E-state index contributed by atoms with van der Waals surface area (Å²) in [5.41, 5.74) is 8.90. The van der Waals surface area contributed by atoms with Crippen molar-refractivity contribution in [2.24, 2.45) is 5.73 Å². The van der Waals surface area contributed by atoms with E-state index in [1.54, 1.807) is 4.90 Å². The van der Waals surface area contributed by atoms with Crippen LogP contribution >= 0.6 is 0 Å². The average Bonchev–Trinajstić information content (AvgIpc) is 2.84. The lowest BCUT2D eigenvalue weighted by Gasteiger charge is -2.27. The molecule has 1 aliphatic rings. The number of hydrogen-bond donors (Lipinski definition) is 2. The van der Waals surface area contributed by atoms with Gasteiger partial charge in [-0.25, -0.2) is 0 Å². The third kappa shape index (κ3) is 5.15. The van der Waals surface area contributed by atoms with E-state index >= 15 is 0 Å². The van der Waals surface area contributed by atoms with Gasteiger partial charge in [-0.1, -0.05) is 42.5 Å². The van der Waals surface area contributed by atoms with Crippen LogP contribution in [-0.2, 0) is 16.1 Å². The summed E-state index contributed by atoms with van der Waals surface area (Å²) in [5, 5.41) is 2.94. The number of carbonyl (C=O) groups excluding carboxylic acids is 2. The van der Waals surface area contributed by atoms with Crippen LogP contribution in [-0.4, -0.2) is 18.4 Å². The second kappa shape index (κ2) is 10.1. The van der Waals surface area contributed by atoms with Gasteiger partial charge in [0.05, 0.1) is 0 Å². The number of benzene rings is 3. The maximum Gasteiger partial charge on any atom is 0.270 e. The van der Waals surface area contributed by atoms with Gasteiger partial charge in [0.25, 0.3) is 5.91 Å². The van der Waals surface area contributed by atoms with E-state index in [0.29, 0.717) is 24.4 Å². The molecule has 3 aromatic rings. The number of ether oxygens (including phenoxy) is 1. The Hall–Kier alpha value is -3.64. The number of amides is 2. The minimum atomic E-state index is -0.816. The van der Waals surface area contributed by atoms with Gasteiger partial charge < -0.3 is 20.7 Å². The fraction of sp³-hybridized carbons (Fsp3) is 0.231. The molecule has 1 unspecified atom stereocenters. The van der Waals surface area contributed by atoms with Gasteiger partial charge in [0.15, 0.2) is 0 Å². The summed E-state index contributed by atoms with van der Waals surface area (Å²) in [6.45, 7) is 1.18. The van der Waals surface area contributed by atoms with Crippen LogP contribution in [0.5, 0.6) is 5.75 Å². The van der Waals surface area contributed by atoms with Crippen molar-refractivity contribution in [1.29, 1.82) is 0 Å². The van der Waals surface area contributed by atoms with Crippen LogP contribution in [0.4, 0.5) is 11.4 Å². The predicted octanol–water partition coefficient (Wildman–Crippen LogP) is 4.42. The maximum absolute atomic E-state index is 13.2. The molecule has 1 atom stereocenters. The molecule has 32 heavy (non-hydrogen) atoms. The highest BCUT2D eigenvalue weighted by Gasteiger charge is 2.23. The molecule has 1 aliphatic heterocycles. The number of nitrogens with two attached hydrogens (primary N) is 1. The highest BCUT2D eigenvalue weighted by Crippen LogP contribution is 2.26. The predicted molar refractivity (Wildman–Crippen MR) is 125 cm³/mol. The quantitative estimate of drug-likeness (QED) is 0.582. The molecule has 0 radical (unpaired) electrons. The summed E-state index contributed by atoms with van der Waals surface area (Å²) in [7, 11) is 0. The first kappa shape index (κ1) is 21.6. The number of rotatable bonds is 7. The van der Waals surface area contributed by atoms with Crippen molar-refractivity contribution >= 4 is 23.2 Å². The molecule has 3 aromatic carbocycles. The minimum absolute atomic E-state index is 0.145. The standard InChI is InChI=1S/C26H27N3O3/c27-18-19-9-15-23(16-10-19)32-25(20-6-2-1-3-7-20)26(31)28-21-11-13-22(14-12-21)29-17-5-4-8-24(29)30/h1-3,6-7,9-16,25H,4-5,8,17-18,27H2,(H,28,31). The van der Waals surface area contributed by atoms with E-state index in [-0.39, 0.29) is 11.8 Å². The van der Waals surface area contributed by atoms with Gasteiger partial charge >= 0.3 is 0 Å². The van der Waals surface area contributed by atoms with Crippen molar-refractivity contribution in [2.45, 2.75) is 31.9 Å².